The SMILES string of the molecule is CC(=N)C1C(=O)c2ccccc2C1=O. The van der Waals surface area contributed by atoms with Gasteiger partial charge in [-0.25, -0.2) is 0 Å². The Bertz CT molecular complexity index is 413. The molecule has 2 rings (SSSR count). The number of fused-ring (bicyclic) bond motifs is 1. The molecule has 1 aliphatic carbocycles. The quantitative estimate of drug-likeness (QED) is 0.537. The Kier molecular flexibility index (Phi) is 1.81. The fraction of sp³-hybridized carbons (Fsp3) is 0.182. The Morgan fingerprint density at radius 3 is 1.93 bits per heavy atom. The first-order chi connectivity index (χ1) is 6.63. The summed E-state index contributed by atoms with van der Waals surface area (Å²) in [6.07, 6.45) is 0. The van der Waals surface area contributed by atoms with Crippen LogP contribution in [-0.4, -0.2) is 17.3 Å². The van der Waals surface area contributed by atoms with Crippen molar-refractivity contribution in [1.82, 2.24) is 0 Å². The average molecular weight is 187 g/mol. The van der Waals surface area contributed by atoms with Crippen molar-refractivity contribution < 1.29 is 9.59 Å². The number of carbonyl (C=O) groups excluding carboxylic acids is 2. The molecule has 70 valence electrons. The molecule has 0 saturated carbocycles. The fourth-order valence-corrected chi connectivity index (χ4v) is 1.74. The van der Waals surface area contributed by atoms with Crippen LogP contribution < -0.4 is 0 Å². The monoisotopic (exact) mass is 187 g/mol. The number of hydrogen-bond acceptors (Lipinski definition) is 3. The summed E-state index contributed by atoms with van der Waals surface area (Å²) in [5, 5.41) is 7.39. The Morgan fingerprint density at radius 2 is 1.57 bits per heavy atom. The van der Waals surface area contributed by atoms with Crippen LogP contribution in [0.15, 0.2) is 24.3 Å². The minimum Gasteiger partial charge on any atom is -0.309 e. The van der Waals surface area contributed by atoms with Crippen molar-refractivity contribution in [2.75, 3.05) is 0 Å². The Labute approximate surface area is 81.3 Å². The van der Waals surface area contributed by atoms with E-state index in [1.54, 1.807) is 24.3 Å². The Morgan fingerprint density at radius 1 is 1.14 bits per heavy atom. The Balaban J connectivity index is 2.59. The summed E-state index contributed by atoms with van der Waals surface area (Å²) in [6, 6.07) is 6.73. The van der Waals surface area contributed by atoms with Gasteiger partial charge in [0.2, 0.25) is 0 Å². The van der Waals surface area contributed by atoms with E-state index in [4.69, 9.17) is 5.41 Å². The molecule has 0 amide bonds. The summed E-state index contributed by atoms with van der Waals surface area (Å²) in [6.45, 7) is 1.49. The molecule has 0 atom stereocenters. The predicted octanol–water partition coefficient (Wildman–Crippen LogP) is 1.72. The van der Waals surface area contributed by atoms with Crippen molar-refractivity contribution in [3.05, 3.63) is 35.4 Å². The third-order valence-corrected chi connectivity index (χ3v) is 2.42. The van der Waals surface area contributed by atoms with Gasteiger partial charge in [-0.05, 0) is 6.92 Å². The molecule has 1 aromatic carbocycles. The molecule has 0 radical (unpaired) electrons. The molecule has 3 nitrogen and oxygen atoms in total. The van der Waals surface area contributed by atoms with Gasteiger partial charge >= 0.3 is 0 Å². The number of rotatable bonds is 1. The van der Waals surface area contributed by atoms with E-state index in [2.05, 4.69) is 0 Å². The first-order valence-electron chi connectivity index (χ1n) is 4.35. The molecule has 0 heterocycles. The zero-order chi connectivity index (χ0) is 10.3. The lowest BCUT2D eigenvalue weighted by Crippen LogP contribution is -2.22. The van der Waals surface area contributed by atoms with Crippen LogP contribution in [0.5, 0.6) is 0 Å². The number of benzene rings is 1. The van der Waals surface area contributed by atoms with Crippen LogP contribution in [0.1, 0.15) is 27.6 Å². The van der Waals surface area contributed by atoms with E-state index in [0.29, 0.717) is 11.1 Å². The zero-order valence-corrected chi connectivity index (χ0v) is 7.70. The molecule has 0 spiro atoms. The van der Waals surface area contributed by atoms with Gasteiger partial charge in [0.05, 0.1) is 0 Å². The average Bonchev–Trinajstić information content (AvgIpc) is 2.41. The summed E-state index contributed by atoms with van der Waals surface area (Å²) in [7, 11) is 0. The second kappa shape index (κ2) is 2.87. The van der Waals surface area contributed by atoms with Crippen LogP contribution in [0, 0.1) is 11.3 Å². The van der Waals surface area contributed by atoms with Crippen LogP contribution in [0.3, 0.4) is 0 Å². The van der Waals surface area contributed by atoms with Gasteiger partial charge in [0.1, 0.15) is 5.92 Å². The number of hydrogen-bond donors (Lipinski definition) is 1. The van der Waals surface area contributed by atoms with E-state index in [1.165, 1.54) is 6.92 Å². The van der Waals surface area contributed by atoms with Crippen LogP contribution in [-0.2, 0) is 0 Å². The van der Waals surface area contributed by atoms with Crippen molar-refractivity contribution in [3.63, 3.8) is 0 Å². The zero-order valence-electron chi connectivity index (χ0n) is 7.70. The normalized spacial score (nSPS) is 15.8. The van der Waals surface area contributed by atoms with Crippen molar-refractivity contribution in [2.24, 2.45) is 5.92 Å². The predicted molar refractivity (Wildman–Crippen MR) is 52.0 cm³/mol. The van der Waals surface area contributed by atoms with Crippen molar-refractivity contribution >= 4 is 17.3 Å². The minimum atomic E-state index is -0.868. The molecule has 0 aromatic heterocycles. The first-order valence-corrected chi connectivity index (χ1v) is 4.35. The maximum atomic E-state index is 11.7. The van der Waals surface area contributed by atoms with Gasteiger partial charge in [-0.1, -0.05) is 24.3 Å². The van der Waals surface area contributed by atoms with Gasteiger partial charge in [-0.2, -0.15) is 0 Å². The van der Waals surface area contributed by atoms with Crippen LogP contribution in [0.25, 0.3) is 0 Å². The fourth-order valence-electron chi connectivity index (χ4n) is 1.74. The summed E-state index contributed by atoms with van der Waals surface area (Å²) in [4.78, 5) is 23.4. The van der Waals surface area contributed by atoms with Crippen LogP contribution >= 0.6 is 0 Å². The van der Waals surface area contributed by atoms with Gasteiger partial charge in [-0.15, -0.1) is 0 Å². The number of ketones is 2. The summed E-state index contributed by atoms with van der Waals surface area (Å²) < 4.78 is 0. The molecular formula is C11H9NO2. The smallest absolute Gasteiger partial charge is 0.180 e. The maximum Gasteiger partial charge on any atom is 0.180 e. The molecule has 14 heavy (non-hydrogen) atoms. The number of carbonyl (C=O) groups is 2. The molecule has 0 fully saturated rings. The van der Waals surface area contributed by atoms with Gasteiger partial charge in [0.15, 0.2) is 11.6 Å². The van der Waals surface area contributed by atoms with Gasteiger partial charge < -0.3 is 5.41 Å². The highest BCUT2D eigenvalue weighted by atomic mass is 16.2. The standard InChI is InChI=1S/C11H9NO2/c1-6(12)9-10(13)7-4-2-3-5-8(7)11(9)14/h2-5,9,12H,1H3. The maximum absolute atomic E-state index is 11.7. The first kappa shape index (κ1) is 8.81. The molecule has 1 aromatic rings. The molecule has 3 heteroatoms. The highest BCUT2D eigenvalue weighted by molar-refractivity contribution is 6.35. The van der Waals surface area contributed by atoms with Crippen LogP contribution in [0.4, 0.5) is 0 Å². The van der Waals surface area contributed by atoms with Crippen molar-refractivity contribution in [1.29, 1.82) is 5.41 Å². The van der Waals surface area contributed by atoms with Crippen molar-refractivity contribution in [3.8, 4) is 0 Å². The van der Waals surface area contributed by atoms with Crippen LogP contribution in [0.2, 0.25) is 0 Å². The van der Waals surface area contributed by atoms with E-state index in [1.807, 2.05) is 0 Å². The van der Waals surface area contributed by atoms with E-state index in [9.17, 15) is 9.59 Å². The lowest BCUT2D eigenvalue weighted by Gasteiger charge is -2.01. The highest BCUT2D eigenvalue weighted by Gasteiger charge is 2.39. The van der Waals surface area contributed by atoms with E-state index >= 15 is 0 Å². The van der Waals surface area contributed by atoms with Gasteiger partial charge in [-0.3, -0.25) is 9.59 Å². The summed E-state index contributed by atoms with van der Waals surface area (Å²) in [5.74, 6) is -1.34. The second-order valence-corrected chi connectivity index (χ2v) is 3.39. The largest absolute Gasteiger partial charge is 0.309 e. The topological polar surface area (TPSA) is 58.0 Å². The van der Waals surface area contributed by atoms with Crippen molar-refractivity contribution in [2.45, 2.75) is 6.92 Å². The molecule has 0 saturated heterocycles. The molecule has 0 bridgehead atoms. The second-order valence-electron chi connectivity index (χ2n) is 3.39. The van der Waals surface area contributed by atoms with E-state index in [-0.39, 0.29) is 17.3 Å². The lowest BCUT2D eigenvalue weighted by atomic mass is 9.99. The van der Waals surface area contributed by atoms with Gasteiger partial charge in [0, 0.05) is 16.8 Å². The molecular weight excluding hydrogens is 178 g/mol. The summed E-state index contributed by atoms with van der Waals surface area (Å²) >= 11 is 0. The van der Waals surface area contributed by atoms with Gasteiger partial charge in [0.25, 0.3) is 0 Å². The molecule has 1 aliphatic rings. The molecule has 0 aliphatic heterocycles. The molecule has 0 unspecified atom stereocenters. The Hall–Kier alpha value is -1.77. The lowest BCUT2D eigenvalue weighted by molar-refractivity contribution is 0.0883. The number of Topliss-reactive ketones (excluding diaryl/α,β-unsaturated/α-hetero) is 2. The van der Waals surface area contributed by atoms with E-state index < -0.39 is 5.92 Å². The minimum absolute atomic E-state index is 0.121. The third kappa shape index (κ3) is 1.02. The van der Waals surface area contributed by atoms with E-state index in [0.717, 1.165) is 0 Å². The molecule has 1 N–H and O–H groups in total. The highest BCUT2D eigenvalue weighted by Crippen LogP contribution is 2.26. The summed E-state index contributed by atoms with van der Waals surface area (Å²) in [5.41, 5.74) is 1.03. The third-order valence-electron chi connectivity index (χ3n) is 2.42. The number of nitrogens with one attached hydrogen (secondary N) is 1.